The van der Waals surface area contributed by atoms with Gasteiger partial charge in [-0.3, -0.25) is 4.79 Å². The minimum Gasteiger partial charge on any atom is -0.351 e. The Morgan fingerprint density at radius 3 is 2.75 bits per heavy atom. The lowest BCUT2D eigenvalue weighted by Crippen LogP contribution is -2.24. The summed E-state index contributed by atoms with van der Waals surface area (Å²) in [5.41, 5.74) is 1.35. The van der Waals surface area contributed by atoms with Gasteiger partial charge >= 0.3 is 0 Å². The summed E-state index contributed by atoms with van der Waals surface area (Å²) in [4.78, 5) is 11.9. The van der Waals surface area contributed by atoms with Crippen LogP contribution in [0.25, 0.3) is 0 Å². The summed E-state index contributed by atoms with van der Waals surface area (Å²) < 4.78 is 15.2. The van der Waals surface area contributed by atoms with E-state index in [4.69, 9.17) is 0 Å². The summed E-state index contributed by atoms with van der Waals surface area (Å²) in [7, 11) is 0. The maximum atomic E-state index is 13.5. The SMILES string of the molecule is CCCCSc1nnc(SCC(=O)NCc2ccc(C)c(F)c2)s1. The number of nitrogens with one attached hydrogen (secondary N) is 1. The molecule has 0 bridgehead atoms. The number of carbonyl (C=O) groups is 1. The van der Waals surface area contributed by atoms with Crippen molar-refractivity contribution in [3.63, 3.8) is 0 Å². The van der Waals surface area contributed by atoms with Gasteiger partial charge in [-0.2, -0.15) is 0 Å². The third-order valence-corrected chi connectivity index (χ3v) is 6.44. The minimum absolute atomic E-state index is 0.101. The largest absolute Gasteiger partial charge is 0.351 e. The lowest BCUT2D eigenvalue weighted by atomic mass is 10.1. The minimum atomic E-state index is -0.252. The molecule has 0 atom stereocenters. The van der Waals surface area contributed by atoms with E-state index in [1.807, 2.05) is 6.07 Å². The van der Waals surface area contributed by atoms with Gasteiger partial charge in [0.05, 0.1) is 5.75 Å². The zero-order valence-corrected chi connectivity index (χ0v) is 16.1. The van der Waals surface area contributed by atoms with Crippen molar-refractivity contribution >= 4 is 40.8 Å². The standard InChI is InChI=1S/C16H20FN3OS3/c1-3-4-7-22-15-19-20-16(24-15)23-10-14(21)18-9-12-6-5-11(2)13(17)8-12/h5-6,8H,3-4,7,9-10H2,1-2H3,(H,18,21). The van der Waals surface area contributed by atoms with Gasteiger partial charge in [-0.1, -0.05) is 60.3 Å². The molecule has 1 heterocycles. The molecule has 2 aromatic rings. The smallest absolute Gasteiger partial charge is 0.230 e. The van der Waals surface area contributed by atoms with E-state index in [-0.39, 0.29) is 17.5 Å². The first kappa shape index (κ1) is 19.2. The fourth-order valence-corrected chi connectivity index (χ4v) is 4.75. The van der Waals surface area contributed by atoms with Crippen molar-refractivity contribution in [2.24, 2.45) is 0 Å². The monoisotopic (exact) mass is 385 g/mol. The van der Waals surface area contributed by atoms with Gasteiger partial charge in [0.1, 0.15) is 5.82 Å². The fourth-order valence-electron chi connectivity index (χ4n) is 1.74. The number of aryl methyl sites for hydroxylation is 1. The number of rotatable bonds is 9. The van der Waals surface area contributed by atoms with Crippen molar-refractivity contribution in [1.82, 2.24) is 15.5 Å². The third kappa shape index (κ3) is 6.41. The average molecular weight is 386 g/mol. The Balaban J connectivity index is 1.72. The van der Waals surface area contributed by atoms with Crippen LogP contribution in [-0.2, 0) is 11.3 Å². The van der Waals surface area contributed by atoms with Gasteiger partial charge in [0, 0.05) is 12.3 Å². The van der Waals surface area contributed by atoms with Gasteiger partial charge in [-0.05, 0) is 30.5 Å². The van der Waals surface area contributed by atoms with Gasteiger partial charge in [0.2, 0.25) is 5.91 Å². The zero-order valence-electron chi connectivity index (χ0n) is 13.7. The quantitative estimate of drug-likeness (QED) is 0.516. The Labute approximate surface area is 154 Å². The van der Waals surface area contributed by atoms with Crippen LogP contribution in [0.5, 0.6) is 0 Å². The van der Waals surface area contributed by atoms with Crippen LogP contribution in [0.2, 0.25) is 0 Å². The summed E-state index contributed by atoms with van der Waals surface area (Å²) in [5, 5.41) is 11.0. The Morgan fingerprint density at radius 2 is 2.04 bits per heavy atom. The summed E-state index contributed by atoms with van der Waals surface area (Å²) in [5.74, 6) is 0.973. The summed E-state index contributed by atoms with van der Waals surface area (Å²) in [6.45, 7) is 4.20. The molecule has 0 saturated heterocycles. The molecule has 0 aliphatic carbocycles. The summed E-state index contributed by atoms with van der Waals surface area (Å²) >= 11 is 4.60. The molecule has 0 radical (unpaired) electrons. The molecule has 1 amide bonds. The first-order valence-corrected chi connectivity index (χ1v) is 10.5. The second-order valence-electron chi connectivity index (χ2n) is 5.18. The van der Waals surface area contributed by atoms with E-state index in [0.717, 1.165) is 26.4 Å². The molecular weight excluding hydrogens is 365 g/mol. The Morgan fingerprint density at radius 1 is 1.29 bits per heavy atom. The second-order valence-corrected chi connectivity index (χ2v) is 8.73. The zero-order chi connectivity index (χ0) is 17.4. The molecule has 1 aromatic heterocycles. The molecule has 0 unspecified atom stereocenters. The van der Waals surface area contributed by atoms with Crippen molar-refractivity contribution in [1.29, 1.82) is 0 Å². The van der Waals surface area contributed by atoms with Gasteiger partial charge in [0.15, 0.2) is 8.68 Å². The highest BCUT2D eigenvalue weighted by molar-refractivity contribution is 8.03. The van der Waals surface area contributed by atoms with Crippen molar-refractivity contribution < 1.29 is 9.18 Å². The molecule has 2 rings (SSSR count). The maximum Gasteiger partial charge on any atom is 0.230 e. The molecule has 0 saturated carbocycles. The molecule has 0 aliphatic heterocycles. The van der Waals surface area contributed by atoms with Crippen molar-refractivity contribution in [2.45, 2.75) is 41.9 Å². The normalized spacial score (nSPS) is 10.8. The Bertz CT molecular complexity index is 678. The molecule has 0 fully saturated rings. The number of thioether (sulfide) groups is 2. The highest BCUT2D eigenvalue weighted by atomic mass is 32.2. The van der Waals surface area contributed by atoms with E-state index in [0.29, 0.717) is 12.1 Å². The van der Waals surface area contributed by atoms with Gasteiger partial charge in [-0.15, -0.1) is 10.2 Å². The third-order valence-electron chi connectivity index (χ3n) is 3.16. The van der Waals surface area contributed by atoms with Crippen LogP contribution in [-0.4, -0.2) is 27.6 Å². The van der Waals surface area contributed by atoms with Crippen LogP contribution in [0.15, 0.2) is 26.9 Å². The van der Waals surface area contributed by atoms with Crippen molar-refractivity contribution in [2.75, 3.05) is 11.5 Å². The Hall–Kier alpha value is -1.12. The Kier molecular flexibility index (Phi) is 8.01. The van der Waals surface area contributed by atoms with E-state index in [2.05, 4.69) is 22.4 Å². The van der Waals surface area contributed by atoms with E-state index in [1.54, 1.807) is 24.8 Å². The molecule has 0 spiro atoms. The summed E-state index contributed by atoms with van der Waals surface area (Å²) in [6.07, 6.45) is 2.33. The molecular formula is C16H20FN3OS3. The van der Waals surface area contributed by atoms with E-state index in [1.165, 1.54) is 35.6 Å². The molecule has 1 N–H and O–H groups in total. The van der Waals surface area contributed by atoms with Crippen LogP contribution >= 0.6 is 34.9 Å². The van der Waals surface area contributed by atoms with Crippen LogP contribution in [0.1, 0.15) is 30.9 Å². The number of nitrogens with zero attached hydrogens (tertiary/aromatic N) is 2. The van der Waals surface area contributed by atoms with Crippen molar-refractivity contribution in [3.05, 3.63) is 35.1 Å². The number of benzene rings is 1. The highest BCUT2D eigenvalue weighted by Crippen LogP contribution is 2.29. The first-order chi connectivity index (χ1) is 11.6. The van der Waals surface area contributed by atoms with E-state index in [9.17, 15) is 9.18 Å². The lowest BCUT2D eigenvalue weighted by molar-refractivity contribution is -0.118. The fraction of sp³-hybridized carbons (Fsp3) is 0.438. The van der Waals surface area contributed by atoms with E-state index < -0.39 is 0 Å². The maximum absolute atomic E-state index is 13.5. The first-order valence-electron chi connectivity index (χ1n) is 7.69. The molecule has 1 aromatic carbocycles. The van der Waals surface area contributed by atoms with Crippen LogP contribution in [0, 0.1) is 12.7 Å². The van der Waals surface area contributed by atoms with E-state index >= 15 is 0 Å². The average Bonchev–Trinajstić information content (AvgIpc) is 3.02. The predicted octanol–water partition coefficient (Wildman–Crippen LogP) is 4.29. The number of halogens is 1. The lowest BCUT2D eigenvalue weighted by Gasteiger charge is -2.05. The topological polar surface area (TPSA) is 54.9 Å². The van der Waals surface area contributed by atoms with Gasteiger partial charge in [-0.25, -0.2) is 4.39 Å². The molecule has 0 aliphatic rings. The summed E-state index contributed by atoms with van der Waals surface area (Å²) in [6, 6.07) is 4.98. The molecule has 130 valence electrons. The van der Waals surface area contributed by atoms with Crippen LogP contribution < -0.4 is 5.32 Å². The van der Waals surface area contributed by atoms with Crippen LogP contribution in [0.3, 0.4) is 0 Å². The number of carbonyl (C=O) groups excluding carboxylic acids is 1. The van der Waals surface area contributed by atoms with Crippen molar-refractivity contribution in [3.8, 4) is 0 Å². The second kappa shape index (κ2) is 10.0. The number of unbranched alkanes of at least 4 members (excludes halogenated alkanes) is 1. The van der Waals surface area contributed by atoms with Gasteiger partial charge in [0.25, 0.3) is 0 Å². The molecule has 4 nitrogen and oxygen atoms in total. The van der Waals surface area contributed by atoms with Gasteiger partial charge < -0.3 is 5.32 Å². The molecule has 24 heavy (non-hydrogen) atoms. The molecule has 8 heteroatoms. The predicted molar refractivity (Wildman–Crippen MR) is 99.2 cm³/mol. The number of amides is 1. The highest BCUT2D eigenvalue weighted by Gasteiger charge is 2.09. The number of aromatic nitrogens is 2. The van der Waals surface area contributed by atoms with Crippen LogP contribution in [0.4, 0.5) is 4.39 Å². The number of hydrogen-bond acceptors (Lipinski definition) is 6. The number of hydrogen-bond donors (Lipinski definition) is 1.